The van der Waals surface area contributed by atoms with Crippen LogP contribution in [0.4, 0.5) is 0 Å². The van der Waals surface area contributed by atoms with Crippen LogP contribution < -0.4 is 0 Å². The summed E-state index contributed by atoms with van der Waals surface area (Å²) in [5.41, 5.74) is 12.9. The van der Waals surface area contributed by atoms with Crippen molar-refractivity contribution >= 4 is 152 Å². The van der Waals surface area contributed by atoms with Crippen molar-refractivity contribution in [2.45, 2.75) is 0 Å². The van der Waals surface area contributed by atoms with E-state index in [4.69, 9.17) is 87.3 Å². The maximum atomic E-state index is 5.02. The molecule has 0 fully saturated rings. The summed E-state index contributed by atoms with van der Waals surface area (Å²) in [5, 5.41) is 7.64. The smallest absolute Gasteiger partial charge is 0.164 e. The van der Waals surface area contributed by atoms with E-state index in [1.165, 1.54) is 0 Å². The molecule has 18 rings (SSSR count). The fourth-order valence-corrected chi connectivity index (χ4v) is 11.2. The molecule has 85 heavy (non-hydrogen) atoms. The van der Waals surface area contributed by atoms with E-state index < -0.39 is 18.9 Å². The molecular weight excluding hydrogens is 1290 g/mol. The van der Waals surface area contributed by atoms with Crippen LogP contribution in [0.3, 0.4) is 0 Å². The number of aromatic nitrogens is 16. The average molecular weight is 1320 g/mol. The van der Waals surface area contributed by atoms with Crippen molar-refractivity contribution < 1.29 is 0 Å². The number of benzene rings is 8. The molecule has 8 aromatic carbocycles. The van der Waals surface area contributed by atoms with Crippen LogP contribution >= 0.6 is 27.5 Å². The molecule has 0 atom stereocenters. The molecule has 6 aromatic heterocycles. The second-order valence-corrected chi connectivity index (χ2v) is 23.9. The monoisotopic (exact) mass is 1320 g/mol. The van der Waals surface area contributed by atoms with Crippen LogP contribution in [0, 0.1) is 0 Å². The first-order valence-corrected chi connectivity index (χ1v) is 37.0. The summed E-state index contributed by atoms with van der Waals surface area (Å²) in [4.78, 5) is 73.5. The van der Waals surface area contributed by atoms with Gasteiger partial charge < -0.3 is 19.9 Å². The van der Waals surface area contributed by atoms with Gasteiger partial charge in [-0.05, 0) is 0 Å². The molecule has 4 aliphatic rings. The molecule has 0 amide bonds. The minimum Gasteiger partial charge on any atom is -0.324 e. The van der Waals surface area contributed by atoms with Gasteiger partial charge in [0.1, 0.15) is 45.2 Å². The molecule has 0 aliphatic carbocycles. The first kappa shape index (κ1) is 52.6. The van der Waals surface area contributed by atoms with Gasteiger partial charge in [-0.3, -0.25) is 0 Å². The van der Waals surface area contributed by atoms with E-state index in [-0.39, 0.29) is 0 Å². The molecule has 0 unspecified atom stereocenters. The van der Waals surface area contributed by atoms with Crippen molar-refractivity contribution in [3.05, 3.63) is 194 Å². The number of hydrogen-bond donors (Lipinski definition) is 4. The third-order valence-electron chi connectivity index (χ3n) is 14.9. The molecule has 396 valence electrons. The molecule has 0 saturated carbocycles. The Morgan fingerprint density at radius 1 is 0.212 bits per heavy atom. The quantitative estimate of drug-likeness (QED) is 0.104. The zero-order valence-corrected chi connectivity index (χ0v) is 51.6. The zero-order valence-electron chi connectivity index (χ0n) is 44.1. The van der Waals surface area contributed by atoms with E-state index in [9.17, 15) is 0 Å². The molecule has 0 radical (unpaired) electrons. The minimum atomic E-state index is -0.826. The molecule has 0 spiro atoms. The Bertz CT molecular complexity index is 4440. The van der Waals surface area contributed by atoms with Crippen LogP contribution in [0.5, 0.6) is 0 Å². The zero-order chi connectivity index (χ0) is 57.1. The second kappa shape index (κ2) is 22.1. The van der Waals surface area contributed by atoms with E-state index in [0.717, 1.165) is 105 Å². The number of rotatable bonds is 0. The Labute approximate surface area is 513 Å². The van der Waals surface area contributed by atoms with E-state index in [0.29, 0.717) is 91.8 Å². The number of H-pyrrole nitrogens is 4. The normalized spacial score (nSPS) is 11.5. The number of hydrogen-bond acceptors (Lipinski definition) is 12. The molecular formula is C64H36Cl3GaN16Sn+4. The molecule has 14 aromatic rings. The van der Waals surface area contributed by atoms with E-state index in [1.807, 2.05) is 194 Å². The first-order chi connectivity index (χ1) is 42.0. The SMILES string of the molecule is [Cl][Ga+2].[Cl][Sn+2][Cl].c1ccc2c(c1)-c1nc-2nc2[nH]c(nc3nc(nc4[nH]c(n1)c1ccccc41)-c1ccccc1-3)c1ccccc21.c1ccc2c(c1)-c1nc-2nc2[nH]c(nc3nc(nc4[nH]c(n1)c1ccccc41)-c1ccccc1-3)c1ccccc21. The van der Waals surface area contributed by atoms with Gasteiger partial charge >= 0.3 is 64.0 Å². The predicted octanol–water partition coefficient (Wildman–Crippen LogP) is 15.0. The maximum absolute atomic E-state index is 5.02. The average Bonchev–Trinajstić information content (AvgIpc) is 3.19. The summed E-state index contributed by atoms with van der Waals surface area (Å²) < 4.78 is 0. The Hall–Kier alpha value is -9.21. The second-order valence-electron chi connectivity index (χ2n) is 19.7. The molecule has 16 bridgehead atoms. The summed E-state index contributed by atoms with van der Waals surface area (Å²) in [6.45, 7) is 0. The van der Waals surface area contributed by atoms with E-state index in [2.05, 4.69) is 19.9 Å². The predicted molar refractivity (Wildman–Crippen MR) is 341 cm³/mol. The van der Waals surface area contributed by atoms with Gasteiger partial charge in [0.15, 0.2) is 46.6 Å². The van der Waals surface area contributed by atoms with Crippen molar-refractivity contribution in [3.8, 4) is 91.1 Å². The largest absolute Gasteiger partial charge is 0.324 e. The molecule has 4 aliphatic heterocycles. The summed E-state index contributed by atoms with van der Waals surface area (Å²) in [7, 11) is 14.6. The van der Waals surface area contributed by atoms with Gasteiger partial charge in [-0.25, -0.2) is 59.8 Å². The van der Waals surface area contributed by atoms with Crippen LogP contribution in [0.25, 0.3) is 179 Å². The summed E-state index contributed by atoms with van der Waals surface area (Å²) in [6.07, 6.45) is 0. The van der Waals surface area contributed by atoms with Gasteiger partial charge in [-0.15, -0.1) is 0 Å². The van der Waals surface area contributed by atoms with Crippen LogP contribution in [-0.4, -0.2) is 116 Å². The van der Waals surface area contributed by atoms with Crippen LogP contribution in [-0.2, 0) is 0 Å². The topological polar surface area (TPSA) is 218 Å². The Kier molecular flexibility index (Phi) is 13.7. The van der Waals surface area contributed by atoms with Crippen LogP contribution in [0.1, 0.15) is 0 Å². The van der Waals surface area contributed by atoms with Gasteiger partial charge in [-0.2, -0.15) is 0 Å². The summed E-state index contributed by atoms with van der Waals surface area (Å²) in [5.74, 6) is 4.78. The van der Waals surface area contributed by atoms with E-state index in [1.54, 1.807) is 0 Å². The van der Waals surface area contributed by atoms with Crippen molar-refractivity contribution in [2.75, 3.05) is 0 Å². The molecule has 10 heterocycles. The summed E-state index contributed by atoms with van der Waals surface area (Å²) >= 11 is 0.334. The van der Waals surface area contributed by atoms with Crippen LogP contribution in [0.15, 0.2) is 194 Å². The first-order valence-electron chi connectivity index (χ1n) is 26.6. The molecule has 16 nitrogen and oxygen atoms in total. The van der Waals surface area contributed by atoms with Gasteiger partial charge in [-0.1, -0.05) is 194 Å². The third kappa shape index (κ3) is 9.27. The van der Waals surface area contributed by atoms with Gasteiger partial charge in [0.25, 0.3) is 0 Å². The van der Waals surface area contributed by atoms with Crippen LogP contribution in [0.2, 0.25) is 0 Å². The standard InChI is InChI=1S/2C32H18N8.3ClH.Ga.Sn/c2*1-2-10-18-17(9-1)25-33-26(18)38-28-21-13-5-6-14-22(21)30(35-28)40-32-24-16-8-7-15-23(24)31(36-32)39-29-20-12-4-3-11-19(20)27(34-29)37-25;;;;;/h2*1-16H,(H2,33,34,35,36,37,38,39,40);3*1H;;/q;;;;;+3;+4/p-3. The molecule has 4 N–H and O–H groups in total. The van der Waals surface area contributed by atoms with Gasteiger partial charge in [0, 0.05) is 87.6 Å². The fraction of sp³-hybridized carbons (Fsp3) is 0. The Balaban J connectivity index is 0.000000134. The minimum absolute atomic E-state index is 0.597. The van der Waals surface area contributed by atoms with Gasteiger partial charge in [0.2, 0.25) is 0 Å². The molecule has 21 heteroatoms. The van der Waals surface area contributed by atoms with Crippen molar-refractivity contribution in [1.29, 1.82) is 0 Å². The summed E-state index contributed by atoms with van der Waals surface area (Å²) in [6, 6.07) is 64.5. The maximum Gasteiger partial charge on any atom is 0.164 e. The number of nitrogens with zero attached hydrogens (tertiary/aromatic N) is 12. The number of aromatic amines is 4. The molecule has 0 saturated heterocycles. The third-order valence-corrected chi connectivity index (χ3v) is 14.9. The Morgan fingerprint density at radius 2 is 0.329 bits per heavy atom. The van der Waals surface area contributed by atoms with Crippen molar-refractivity contribution in [3.63, 3.8) is 0 Å². The number of fused-ring (bicyclic) bond motifs is 40. The Morgan fingerprint density at radius 3 is 0.459 bits per heavy atom. The number of halogens is 3. The fourth-order valence-electron chi connectivity index (χ4n) is 11.2. The van der Waals surface area contributed by atoms with Crippen molar-refractivity contribution in [2.24, 2.45) is 0 Å². The number of nitrogens with one attached hydrogen (secondary N) is 4. The van der Waals surface area contributed by atoms with Gasteiger partial charge in [0.05, 0.1) is 0 Å². The van der Waals surface area contributed by atoms with Crippen molar-refractivity contribution in [1.82, 2.24) is 79.7 Å². The van der Waals surface area contributed by atoms with E-state index >= 15 is 0 Å².